The fourth-order valence-corrected chi connectivity index (χ4v) is 1.14. The number of nitrogens with one attached hydrogen (secondary N) is 1. The lowest BCUT2D eigenvalue weighted by Crippen LogP contribution is -2.11. The molecule has 0 aliphatic carbocycles. The standard InChI is InChI=1S/C10H15N3O/c1-8(14)12-10-5-4-9(6-11-10)7-13(2)3/h4-6H,7H2,1-3H3,(H,11,12,14). The fourth-order valence-electron chi connectivity index (χ4n) is 1.14. The number of carbonyl (C=O) groups excluding carboxylic acids is 1. The van der Waals surface area contributed by atoms with E-state index in [4.69, 9.17) is 0 Å². The summed E-state index contributed by atoms with van der Waals surface area (Å²) < 4.78 is 0. The summed E-state index contributed by atoms with van der Waals surface area (Å²) in [6.07, 6.45) is 1.77. The largest absolute Gasteiger partial charge is 0.311 e. The van der Waals surface area contributed by atoms with Crippen molar-refractivity contribution in [3.8, 4) is 0 Å². The normalized spacial score (nSPS) is 10.3. The van der Waals surface area contributed by atoms with Crippen LogP contribution in [0.15, 0.2) is 18.3 Å². The minimum atomic E-state index is -0.0992. The summed E-state index contributed by atoms with van der Waals surface area (Å²) in [5, 5.41) is 2.62. The third-order valence-corrected chi connectivity index (χ3v) is 1.63. The van der Waals surface area contributed by atoms with Gasteiger partial charge < -0.3 is 10.2 Å². The van der Waals surface area contributed by atoms with Gasteiger partial charge in [0.25, 0.3) is 0 Å². The zero-order chi connectivity index (χ0) is 10.6. The molecule has 0 saturated heterocycles. The number of nitrogens with zero attached hydrogens (tertiary/aromatic N) is 2. The van der Waals surface area contributed by atoms with Gasteiger partial charge in [-0.05, 0) is 25.7 Å². The van der Waals surface area contributed by atoms with Crippen LogP contribution in [0.3, 0.4) is 0 Å². The number of hydrogen-bond acceptors (Lipinski definition) is 3. The van der Waals surface area contributed by atoms with Gasteiger partial charge in [0.2, 0.25) is 5.91 Å². The molecule has 14 heavy (non-hydrogen) atoms. The predicted octanol–water partition coefficient (Wildman–Crippen LogP) is 1.10. The molecule has 0 spiro atoms. The first-order valence-electron chi connectivity index (χ1n) is 4.45. The Morgan fingerprint density at radius 3 is 2.64 bits per heavy atom. The summed E-state index contributed by atoms with van der Waals surface area (Å²) in [4.78, 5) is 16.9. The van der Waals surface area contributed by atoms with Crippen molar-refractivity contribution in [2.24, 2.45) is 0 Å². The first-order valence-corrected chi connectivity index (χ1v) is 4.45. The lowest BCUT2D eigenvalue weighted by atomic mass is 10.3. The zero-order valence-electron chi connectivity index (χ0n) is 8.74. The third-order valence-electron chi connectivity index (χ3n) is 1.63. The number of hydrogen-bond donors (Lipinski definition) is 1. The molecule has 0 atom stereocenters. The average molecular weight is 193 g/mol. The van der Waals surface area contributed by atoms with Gasteiger partial charge >= 0.3 is 0 Å². The van der Waals surface area contributed by atoms with Gasteiger partial charge in [-0.3, -0.25) is 4.79 Å². The highest BCUT2D eigenvalue weighted by molar-refractivity contribution is 5.87. The van der Waals surface area contributed by atoms with Crippen molar-refractivity contribution in [2.45, 2.75) is 13.5 Å². The molecule has 4 heteroatoms. The maximum atomic E-state index is 10.7. The highest BCUT2D eigenvalue weighted by Gasteiger charge is 1.98. The molecule has 0 saturated carbocycles. The second-order valence-corrected chi connectivity index (χ2v) is 3.47. The Morgan fingerprint density at radius 1 is 1.50 bits per heavy atom. The lowest BCUT2D eigenvalue weighted by molar-refractivity contribution is -0.114. The summed E-state index contributed by atoms with van der Waals surface area (Å²) in [5.41, 5.74) is 1.13. The monoisotopic (exact) mass is 193 g/mol. The first kappa shape index (κ1) is 10.7. The number of rotatable bonds is 3. The first-order chi connectivity index (χ1) is 6.58. The Hall–Kier alpha value is -1.42. The van der Waals surface area contributed by atoms with Crippen molar-refractivity contribution in [2.75, 3.05) is 19.4 Å². The van der Waals surface area contributed by atoms with E-state index in [1.54, 1.807) is 12.3 Å². The van der Waals surface area contributed by atoms with E-state index in [2.05, 4.69) is 15.2 Å². The second-order valence-electron chi connectivity index (χ2n) is 3.47. The average Bonchev–Trinajstić information content (AvgIpc) is 2.06. The minimum Gasteiger partial charge on any atom is -0.311 e. The molecule has 0 unspecified atom stereocenters. The van der Waals surface area contributed by atoms with Crippen LogP contribution in [0, 0.1) is 0 Å². The summed E-state index contributed by atoms with van der Waals surface area (Å²) in [5.74, 6) is 0.498. The van der Waals surface area contributed by atoms with Crippen molar-refractivity contribution in [3.05, 3.63) is 23.9 Å². The van der Waals surface area contributed by atoms with Crippen LogP contribution in [-0.2, 0) is 11.3 Å². The number of pyridine rings is 1. The van der Waals surface area contributed by atoms with Gasteiger partial charge in [-0.1, -0.05) is 6.07 Å². The molecule has 1 heterocycles. The van der Waals surface area contributed by atoms with Crippen molar-refractivity contribution in [3.63, 3.8) is 0 Å². The van der Waals surface area contributed by atoms with Crippen LogP contribution in [0.25, 0.3) is 0 Å². The molecule has 0 fully saturated rings. The molecule has 76 valence electrons. The number of amides is 1. The molecule has 0 bridgehead atoms. The summed E-state index contributed by atoms with van der Waals surface area (Å²) in [6.45, 7) is 2.32. The van der Waals surface area contributed by atoms with Gasteiger partial charge in [0.15, 0.2) is 0 Å². The Morgan fingerprint density at radius 2 is 2.21 bits per heavy atom. The van der Waals surface area contributed by atoms with Gasteiger partial charge in [-0.15, -0.1) is 0 Å². The van der Waals surface area contributed by atoms with Gasteiger partial charge in [-0.2, -0.15) is 0 Å². The van der Waals surface area contributed by atoms with Crippen molar-refractivity contribution < 1.29 is 4.79 Å². The van der Waals surface area contributed by atoms with E-state index in [0.29, 0.717) is 5.82 Å². The van der Waals surface area contributed by atoms with Crippen molar-refractivity contribution in [1.29, 1.82) is 0 Å². The summed E-state index contributed by atoms with van der Waals surface area (Å²) in [7, 11) is 4.00. The van der Waals surface area contributed by atoms with E-state index in [9.17, 15) is 4.79 Å². The molecule has 1 amide bonds. The Balaban J connectivity index is 2.63. The van der Waals surface area contributed by atoms with E-state index in [-0.39, 0.29) is 5.91 Å². The molecule has 0 aliphatic heterocycles. The molecular formula is C10H15N3O. The van der Waals surface area contributed by atoms with Crippen LogP contribution in [-0.4, -0.2) is 29.9 Å². The molecule has 1 aromatic rings. The Kier molecular flexibility index (Phi) is 3.59. The van der Waals surface area contributed by atoms with E-state index >= 15 is 0 Å². The molecule has 1 N–H and O–H groups in total. The summed E-state index contributed by atoms with van der Waals surface area (Å²) in [6, 6.07) is 3.76. The van der Waals surface area contributed by atoms with Crippen LogP contribution in [0.5, 0.6) is 0 Å². The topological polar surface area (TPSA) is 45.2 Å². The highest BCUT2D eigenvalue weighted by atomic mass is 16.1. The van der Waals surface area contributed by atoms with E-state index in [0.717, 1.165) is 12.1 Å². The van der Waals surface area contributed by atoms with Gasteiger partial charge in [-0.25, -0.2) is 4.98 Å². The zero-order valence-corrected chi connectivity index (χ0v) is 8.74. The maximum Gasteiger partial charge on any atom is 0.222 e. The maximum absolute atomic E-state index is 10.7. The van der Waals surface area contributed by atoms with E-state index in [1.165, 1.54) is 6.92 Å². The van der Waals surface area contributed by atoms with Crippen LogP contribution >= 0.6 is 0 Å². The van der Waals surface area contributed by atoms with Crippen LogP contribution < -0.4 is 5.32 Å². The molecule has 0 aliphatic rings. The van der Waals surface area contributed by atoms with Gasteiger partial charge in [0, 0.05) is 19.7 Å². The Bertz CT molecular complexity index is 306. The quantitative estimate of drug-likeness (QED) is 0.782. The predicted molar refractivity (Wildman–Crippen MR) is 55.9 cm³/mol. The number of anilines is 1. The summed E-state index contributed by atoms with van der Waals surface area (Å²) >= 11 is 0. The van der Waals surface area contributed by atoms with Crippen LogP contribution in [0.4, 0.5) is 5.82 Å². The van der Waals surface area contributed by atoms with E-state index < -0.39 is 0 Å². The number of carbonyl (C=O) groups is 1. The second kappa shape index (κ2) is 4.72. The van der Waals surface area contributed by atoms with Gasteiger partial charge in [0.1, 0.15) is 5.82 Å². The molecule has 1 rings (SSSR count). The lowest BCUT2D eigenvalue weighted by Gasteiger charge is -2.09. The SMILES string of the molecule is CC(=O)Nc1ccc(CN(C)C)cn1. The minimum absolute atomic E-state index is 0.0992. The third kappa shape index (κ3) is 3.53. The molecule has 0 radical (unpaired) electrons. The highest BCUT2D eigenvalue weighted by Crippen LogP contribution is 2.06. The molecule has 0 aromatic carbocycles. The van der Waals surface area contributed by atoms with Crippen LogP contribution in [0.2, 0.25) is 0 Å². The van der Waals surface area contributed by atoms with E-state index in [1.807, 2.05) is 20.2 Å². The fraction of sp³-hybridized carbons (Fsp3) is 0.400. The van der Waals surface area contributed by atoms with Crippen LogP contribution in [0.1, 0.15) is 12.5 Å². The number of aromatic nitrogens is 1. The smallest absolute Gasteiger partial charge is 0.222 e. The molecule has 1 aromatic heterocycles. The van der Waals surface area contributed by atoms with Crippen molar-refractivity contribution in [1.82, 2.24) is 9.88 Å². The Labute approximate surface area is 83.9 Å². The van der Waals surface area contributed by atoms with Crippen molar-refractivity contribution >= 4 is 11.7 Å². The molecular weight excluding hydrogens is 178 g/mol. The van der Waals surface area contributed by atoms with Gasteiger partial charge in [0.05, 0.1) is 0 Å². The molecule has 4 nitrogen and oxygen atoms in total.